The number of benzene rings is 1. The van der Waals surface area contributed by atoms with Crippen LogP contribution in [-0.2, 0) is 9.53 Å². The molecule has 0 saturated carbocycles. The third-order valence-corrected chi connectivity index (χ3v) is 3.73. The van der Waals surface area contributed by atoms with E-state index in [-0.39, 0.29) is 12.2 Å². The van der Waals surface area contributed by atoms with Crippen LogP contribution in [0, 0.1) is 6.92 Å². The maximum Gasteiger partial charge on any atom is 0.341 e. The van der Waals surface area contributed by atoms with Crippen LogP contribution in [0.25, 0.3) is 11.3 Å². The molecule has 0 amide bonds. The number of rotatable bonds is 8. The third-order valence-electron chi connectivity index (χ3n) is 3.73. The van der Waals surface area contributed by atoms with Gasteiger partial charge in [-0.2, -0.15) is 5.10 Å². The zero-order valence-corrected chi connectivity index (χ0v) is 16.0. The van der Waals surface area contributed by atoms with Crippen molar-refractivity contribution >= 4 is 17.4 Å². The Morgan fingerprint density at radius 2 is 2.00 bits per heavy atom. The Morgan fingerprint density at radius 3 is 2.64 bits per heavy atom. The largest absolute Gasteiger partial charge is 0.478 e. The fourth-order valence-electron chi connectivity index (χ4n) is 2.53. The van der Waals surface area contributed by atoms with E-state index in [1.807, 2.05) is 37.3 Å². The van der Waals surface area contributed by atoms with E-state index >= 15 is 0 Å². The molecular formula is C20H22N4O4. The maximum atomic E-state index is 12.5. The quantitative estimate of drug-likeness (QED) is 0.470. The maximum absolute atomic E-state index is 12.5. The number of hydrogen-bond donors (Lipinski definition) is 1. The SMILES string of the molecule is CCOC(=O)/C(=C/Nc1cc(C)on1)c1cc(OCC)n(-c2ccccc2)n1. The van der Waals surface area contributed by atoms with Crippen LogP contribution in [0.1, 0.15) is 25.3 Å². The molecule has 0 saturated heterocycles. The predicted octanol–water partition coefficient (Wildman–Crippen LogP) is 3.58. The lowest BCUT2D eigenvalue weighted by molar-refractivity contribution is -0.136. The van der Waals surface area contributed by atoms with E-state index in [9.17, 15) is 4.79 Å². The Labute approximate surface area is 162 Å². The van der Waals surface area contributed by atoms with Crippen LogP contribution in [0.5, 0.6) is 5.88 Å². The van der Waals surface area contributed by atoms with E-state index < -0.39 is 5.97 Å². The molecule has 2 heterocycles. The lowest BCUT2D eigenvalue weighted by Gasteiger charge is -2.07. The minimum absolute atomic E-state index is 0.247. The number of esters is 1. The molecule has 0 spiro atoms. The summed E-state index contributed by atoms with van der Waals surface area (Å²) in [7, 11) is 0. The van der Waals surface area contributed by atoms with Crippen molar-refractivity contribution in [3.8, 4) is 11.6 Å². The molecule has 8 heteroatoms. The second-order valence-electron chi connectivity index (χ2n) is 5.79. The van der Waals surface area contributed by atoms with Crippen LogP contribution in [-0.4, -0.2) is 34.1 Å². The van der Waals surface area contributed by atoms with Gasteiger partial charge in [-0.15, -0.1) is 0 Å². The van der Waals surface area contributed by atoms with Crippen LogP contribution in [0.4, 0.5) is 5.82 Å². The average molecular weight is 382 g/mol. The first-order valence-electron chi connectivity index (χ1n) is 8.98. The highest BCUT2D eigenvalue weighted by Crippen LogP contribution is 2.25. The molecule has 0 bridgehead atoms. The molecule has 28 heavy (non-hydrogen) atoms. The molecule has 0 aliphatic heterocycles. The van der Waals surface area contributed by atoms with Crippen molar-refractivity contribution in [2.24, 2.45) is 0 Å². The van der Waals surface area contributed by atoms with Crippen molar-refractivity contribution in [2.45, 2.75) is 20.8 Å². The Balaban J connectivity index is 2.00. The van der Waals surface area contributed by atoms with Crippen LogP contribution in [0.2, 0.25) is 0 Å². The fourth-order valence-corrected chi connectivity index (χ4v) is 2.53. The molecule has 1 aromatic carbocycles. The molecule has 2 aromatic heterocycles. The van der Waals surface area contributed by atoms with Gasteiger partial charge in [0.2, 0.25) is 5.88 Å². The standard InChI is InChI=1S/C20H22N4O4/c1-4-26-19-12-17(22-24(19)15-9-7-6-8-10-15)16(20(25)27-5-2)13-21-18-11-14(3)28-23-18/h6-13H,4-5H2,1-3H3,(H,21,23)/b16-13+. The average Bonchev–Trinajstić information content (AvgIpc) is 3.30. The molecule has 0 unspecified atom stereocenters. The van der Waals surface area contributed by atoms with Crippen LogP contribution in [0.15, 0.2) is 53.2 Å². The van der Waals surface area contributed by atoms with Gasteiger partial charge in [0.1, 0.15) is 17.0 Å². The predicted molar refractivity (Wildman–Crippen MR) is 104 cm³/mol. The van der Waals surface area contributed by atoms with Crippen molar-refractivity contribution in [1.29, 1.82) is 0 Å². The number of nitrogens with zero attached hydrogens (tertiary/aromatic N) is 3. The Bertz CT molecular complexity index is 960. The zero-order chi connectivity index (χ0) is 19.9. The van der Waals surface area contributed by atoms with Crippen LogP contribution >= 0.6 is 0 Å². The molecule has 0 atom stereocenters. The summed E-state index contributed by atoms with van der Waals surface area (Å²) in [6, 6.07) is 13.0. The second-order valence-corrected chi connectivity index (χ2v) is 5.79. The number of carbonyl (C=O) groups is 1. The zero-order valence-electron chi connectivity index (χ0n) is 16.0. The van der Waals surface area contributed by atoms with Crippen LogP contribution in [0.3, 0.4) is 0 Å². The molecule has 1 N–H and O–H groups in total. The fraction of sp³-hybridized carbons (Fsp3) is 0.250. The summed E-state index contributed by atoms with van der Waals surface area (Å²) in [5, 5.41) is 11.4. The number of hydrogen-bond acceptors (Lipinski definition) is 7. The smallest absolute Gasteiger partial charge is 0.341 e. The van der Waals surface area contributed by atoms with Gasteiger partial charge in [0, 0.05) is 18.3 Å². The second kappa shape index (κ2) is 8.90. The summed E-state index contributed by atoms with van der Waals surface area (Å²) >= 11 is 0. The summed E-state index contributed by atoms with van der Waals surface area (Å²) < 4.78 is 17.6. The van der Waals surface area contributed by atoms with Gasteiger partial charge < -0.3 is 19.3 Å². The van der Waals surface area contributed by atoms with Gasteiger partial charge in [-0.25, -0.2) is 9.48 Å². The van der Waals surface area contributed by atoms with Gasteiger partial charge in [0.05, 0.1) is 18.9 Å². The molecule has 3 rings (SSSR count). The van der Waals surface area contributed by atoms with Crippen molar-refractivity contribution in [3.63, 3.8) is 0 Å². The number of anilines is 1. The van der Waals surface area contributed by atoms with Crippen molar-refractivity contribution in [2.75, 3.05) is 18.5 Å². The molecule has 0 aliphatic carbocycles. The number of carbonyl (C=O) groups excluding carboxylic acids is 1. The molecule has 3 aromatic rings. The lowest BCUT2D eigenvalue weighted by atomic mass is 10.2. The minimum atomic E-state index is -0.504. The number of para-hydroxylation sites is 1. The summed E-state index contributed by atoms with van der Waals surface area (Å²) in [6.45, 7) is 6.13. The Morgan fingerprint density at radius 1 is 1.21 bits per heavy atom. The summed E-state index contributed by atoms with van der Waals surface area (Å²) in [4.78, 5) is 12.5. The number of aryl methyl sites for hydroxylation is 1. The number of ether oxygens (including phenoxy) is 2. The van der Waals surface area contributed by atoms with E-state index in [4.69, 9.17) is 14.0 Å². The van der Waals surface area contributed by atoms with E-state index in [1.165, 1.54) is 6.20 Å². The highest BCUT2D eigenvalue weighted by molar-refractivity contribution is 6.16. The van der Waals surface area contributed by atoms with E-state index in [1.54, 1.807) is 30.7 Å². The molecule has 0 fully saturated rings. The molecule has 8 nitrogen and oxygen atoms in total. The number of nitrogens with one attached hydrogen (secondary N) is 1. The van der Waals surface area contributed by atoms with Gasteiger partial charge in [-0.05, 0) is 32.9 Å². The van der Waals surface area contributed by atoms with Crippen molar-refractivity contribution in [1.82, 2.24) is 14.9 Å². The third kappa shape index (κ3) is 4.40. The first-order chi connectivity index (χ1) is 13.6. The molecule has 146 valence electrons. The van der Waals surface area contributed by atoms with E-state index in [2.05, 4.69) is 15.6 Å². The lowest BCUT2D eigenvalue weighted by Crippen LogP contribution is -2.09. The van der Waals surface area contributed by atoms with Gasteiger partial charge in [-0.1, -0.05) is 23.4 Å². The highest BCUT2D eigenvalue weighted by atomic mass is 16.5. The Hall–Kier alpha value is -3.55. The van der Waals surface area contributed by atoms with Gasteiger partial charge in [-0.3, -0.25) is 0 Å². The monoisotopic (exact) mass is 382 g/mol. The minimum Gasteiger partial charge on any atom is -0.478 e. The first-order valence-corrected chi connectivity index (χ1v) is 8.98. The summed E-state index contributed by atoms with van der Waals surface area (Å²) in [5.74, 6) is 1.15. The molecule has 0 aliphatic rings. The highest BCUT2D eigenvalue weighted by Gasteiger charge is 2.20. The number of aromatic nitrogens is 3. The summed E-state index contributed by atoms with van der Waals surface area (Å²) in [5.41, 5.74) is 1.48. The van der Waals surface area contributed by atoms with Crippen LogP contribution < -0.4 is 10.1 Å². The molecule has 0 radical (unpaired) electrons. The van der Waals surface area contributed by atoms with Crippen molar-refractivity contribution < 1.29 is 18.8 Å². The van der Waals surface area contributed by atoms with E-state index in [0.717, 1.165) is 5.69 Å². The normalized spacial score (nSPS) is 11.3. The van der Waals surface area contributed by atoms with Gasteiger partial charge in [0.15, 0.2) is 5.82 Å². The van der Waals surface area contributed by atoms with Crippen molar-refractivity contribution in [3.05, 3.63) is 60.1 Å². The van der Waals surface area contributed by atoms with E-state index in [0.29, 0.717) is 29.8 Å². The van der Waals surface area contributed by atoms with Gasteiger partial charge in [0.25, 0.3) is 0 Å². The first kappa shape index (κ1) is 19.2. The molecular weight excluding hydrogens is 360 g/mol. The Kier molecular flexibility index (Phi) is 6.11. The summed E-state index contributed by atoms with van der Waals surface area (Å²) in [6.07, 6.45) is 1.50. The topological polar surface area (TPSA) is 91.4 Å². The van der Waals surface area contributed by atoms with Gasteiger partial charge >= 0.3 is 5.97 Å².